The van der Waals surface area contributed by atoms with E-state index in [4.69, 9.17) is 5.73 Å². The third kappa shape index (κ3) is 5.29. The Balaban J connectivity index is 1.47. The van der Waals surface area contributed by atoms with Gasteiger partial charge >= 0.3 is 0 Å². The summed E-state index contributed by atoms with van der Waals surface area (Å²) in [7, 11) is 0. The molecular weight excluding hydrogens is 312 g/mol. The van der Waals surface area contributed by atoms with Crippen molar-refractivity contribution in [3.8, 4) is 0 Å². The van der Waals surface area contributed by atoms with Gasteiger partial charge in [0.1, 0.15) is 5.82 Å². The van der Waals surface area contributed by atoms with E-state index in [1.807, 2.05) is 12.1 Å². The SMILES string of the molecule is NC(=O)c1ccc(Nc2ccc(CNCC3CCCCC3)cc2)nc1. The minimum absolute atomic E-state index is 0.407. The fourth-order valence-corrected chi connectivity index (χ4v) is 3.28. The van der Waals surface area contributed by atoms with Crippen molar-refractivity contribution >= 4 is 17.4 Å². The molecule has 1 heterocycles. The number of hydrogen-bond donors (Lipinski definition) is 3. The predicted molar refractivity (Wildman–Crippen MR) is 101 cm³/mol. The fraction of sp³-hybridized carbons (Fsp3) is 0.400. The van der Waals surface area contributed by atoms with Gasteiger partial charge in [0.15, 0.2) is 0 Å². The minimum atomic E-state index is -0.468. The minimum Gasteiger partial charge on any atom is -0.366 e. The molecule has 1 saturated carbocycles. The molecule has 0 saturated heterocycles. The third-order valence-electron chi connectivity index (χ3n) is 4.76. The van der Waals surface area contributed by atoms with Gasteiger partial charge in [0.05, 0.1) is 5.56 Å². The second kappa shape index (κ2) is 8.62. The normalized spacial score (nSPS) is 15.0. The number of benzene rings is 1. The highest BCUT2D eigenvalue weighted by Crippen LogP contribution is 2.23. The summed E-state index contributed by atoms with van der Waals surface area (Å²) >= 11 is 0. The number of pyridine rings is 1. The number of primary amides is 1. The zero-order chi connectivity index (χ0) is 17.5. The summed E-state index contributed by atoms with van der Waals surface area (Å²) in [6.45, 7) is 2.03. The molecule has 1 fully saturated rings. The smallest absolute Gasteiger partial charge is 0.250 e. The van der Waals surface area contributed by atoms with E-state index in [1.54, 1.807) is 12.1 Å². The zero-order valence-corrected chi connectivity index (χ0v) is 14.5. The number of nitrogens with one attached hydrogen (secondary N) is 2. The van der Waals surface area contributed by atoms with Crippen molar-refractivity contribution in [2.75, 3.05) is 11.9 Å². The third-order valence-corrected chi connectivity index (χ3v) is 4.76. The van der Waals surface area contributed by atoms with Crippen molar-refractivity contribution in [1.82, 2.24) is 10.3 Å². The standard InChI is InChI=1S/C20H26N4O/c21-20(25)17-8-11-19(23-14-17)24-18-9-6-16(7-10-18)13-22-12-15-4-2-1-3-5-15/h6-11,14-15,22H,1-5,12-13H2,(H2,21,25)(H,23,24). The average molecular weight is 338 g/mol. The molecule has 1 aromatic carbocycles. The van der Waals surface area contributed by atoms with Crippen LogP contribution in [0.1, 0.15) is 48.0 Å². The van der Waals surface area contributed by atoms with Gasteiger partial charge in [-0.15, -0.1) is 0 Å². The Hall–Kier alpha value is -2.40. The van der Waals surface area contributed by atoms with Gasteiger partial charge in [0.25, 0.3) is 0 Å². The number of carbonyl (C=O) groups is 1. The number of anilines is 2. The molecule has 0 radical (unpaired) electrons. The molecule has 0 bridgehead atoms. The Morgan fingerprint density at radius 1 is 1.08 bits per heavy atom. The summed E-state index contributed by atoms with van der Waals surface area (Å²) in [5.74, 6) is 1.07. The lowest BCUT2D eigenvalue weighted by atomic mass is 9.89. The maximum atomic E-state index is 11.1. The molecule has 0 atom stereocenters. The van der Waals surface area contributed by atoms with E-state index < -0.39 is 5.91 Å². The monoisotopic (exact) mass is 338 g/mol. The van der Waals surface area contributed by atoms with Gasteiger partial charge in [-0.1, -0.05) is 31.4 Å². The lowest BCUT2D eigenvalue weighted by molar-refractivity contribution is 0.1000. The van der Waals surface area contributed by atoms with Gasteiger partial charge in [0, 0.05) is 18.4 Å². The molecule has 1 aromatic heterocycles. The lowest BCUT2D eigenvalue weighted by Crippen LogP contribution is -2.24. The predicted octanol–water partition coefficient (Wildman–Crippen LogP) is 3.59. The van der Waals surface area contributed by atoms with Crippen molar-refractivity contribution in [3.63, 3.8) is 0 Å². The van der Waals surface area contributed by atoms with Crippen LogP contribution in [0.25, 0.3) is 0 Å². The van der Waals surface area contributed by atoms with Crippen LogP contribution in [0.3, 0.4) is 0 Å². The quantitative estimate of drug-likeness (QED) is 0.721. The first kappa shape index (κ1) is 17.4. The first-order chi connectivity index (χ1) is 12.2. The molecule has 1 aliphatic carbocycles. The number of hydrogen-bond acceptors (Lipinski definition) is 4. The first-order valence-corrected chi connectivity index (χ1v) is 9.03. The van der Waals surface area contributed by atoms with Crippen molar-refractivity contribution < 1.29 is 4.79 Å². The molecule has 2 aromatic rings. The Morgan fingerprint density at radius 2 is 1.84 bits per heavy atom. The Kier molecular flexibility index (Phi) is 6.01. The fourth-order valence-electron chi connectivity index (χ4n) is 3.28. The van der Waals surface area contributed by atoms with Gasteiger partial charge in [0.2, 0.25) is 5.91 Å². The Bertz CT molecular complexity index is 676. The van der Waals surface area contributed by atoms with E-state index in [0.717, 1.165) is 24.7 Å². The molecule has 25 heavy (non-hydrogen) atoms. The molecule has 0 unspecified atom stereocenters. The van der Waals surface area contributed by atoms with Gasteiger partial charge < -0.3 is 16.4 Å². The maximum Gasteiger partial charge on any atom is 0.250 e. The van der Waals surface area contributed by atoms with Crippen molar-refractivity contribution in [3.05, 3.63) is 53.7 Å². The zero-order valence-electron chi connectivity index (χ0n) is 14.5. The summed E-state index contributed by atoms with van der Waals surface area (Å²) in [6.07, 6.45) is 8.41. The molecule has 3 rings (SSSR count). The number of amides is 1. The summed E-state index contributed by atoms with van der Waals surface area (Å²) in [4.78, 5) is 15.2. The van der Waals surface area contributed by atoms with Gasteiger partial charge in [-0.05, 0) is 55.1 Å². The van der Waals surface area contributed by atoms with Crippen LogP contribution in [0.4, 0.5) is 11.5 Å². The highest BCUT2D eigenvalue weighted by molar-refractivity contribution is 5.92. The highest BCUT2D eigenvalue weighted by atomic mass is 16.1. The summed E-state index contributed by atoms with van der Waals surface area (Å²) < 4.78 is 0. The number of carbonyl (C=O) groups excluding carboxylic acids is 1. The van der Waals surface area contributed by atoms with E-state index in [-0.39, 0.29) is 0 Å². The van der Waals surface area contributed by atoms with Gasteiger partial charge in [-0.2, -0.15) is 0 Å². The number of nitrogens with zero attached hydrogens (tertiary/aromatic N) is 1. The molecule has 0 aliphatic heterocycles. The van der Waals surface area contributed by atoms with E-state index in [1.165, 1.54) is 43.9 Å². The van der Waals surface area contributed by atoms with Crippen LogP contribution in [-0.4, -0.2) is 17.4 Å². The summed E-state index contributed by atoms with van der Waals surface area (Å²) in [6, 6.07) is 11.7. The van der Waals surface area contributed by atoms with Crippen LogP contribution in [0.2, 0.25) is 0 Å². The topological polar surface area (TPSA) is 80.0 Å². The van der Waals surface area contributed by atoms with Crippen molar-refractivity contribution in [2.24, 2.45) is 11.7 Å². The summed E-state index contributed by atoms with van der Waals surface area (Å²) in [5, 5.41) is 6.80. The van der Waals surface area contributed by atoms with Crippen LogP contribution in [0, 0.1) is 5.92 Å². The number of rotatable bonds is 7. The van der Waals surface area contributed by atoms with Crippen molar-refractivity contribution in [2.45, 2.75) is 38.6 Å². The first-order valence-electron chi connectivity index (χ1n) is 9.03. The van der Waals surface area contributed by atoms with Gasteiger partial charge in [-0.3, -0.25) is 4.79 Å². The van der Waals surface area contributed by atoms with Crippen LogP contribution < -0.4 is 16.4 Å². The van der Waals surface area contributed by atoms with E-state index in [0.29, 0.717) is 11.4 Å². The molecule has 5 heteroatoms. The second-order valence-corrected chi connectivity index (χ2v) is 6.75. The van der Waals surface area contributed by atoms with E-state index in [9.17, 15) is 4.79 Å². The Labute approximate surface area is 149 Å². The average Bonchev–Trinajstić information content (AvgIpc) is 2.64. The van der Waals surface area contributed by atoms with Crippen LogP contribution >= 0.6 is 0 Å². The Morgan fingerprint density at radius 3 is 2.48 bits per heavy atom. The molecule has 5 nitrogen and oxygen atoms in total. The molecule has 1 amide bonds. The number of aromatic nitrogens is 1. The van der Waals surface area contributed by atoms with Crippen LogP contribution in [-0.2, 0) is 6.54 Å². The molecule has 132 valence electrons. The maximum absolute atomic E-state index is 11.1. The van der Waals surface area contributed by atoms with Crippen LogP contribution in [0.5, 0.6) is 0 Å². The second-order valence-electron chi connectivity index (χ2n) is 6.75. The van der Waals surface area contributed by atoms with E-state index in [2.05, 4.69) is 27.8 Å². The van der Waals surface area contributed by atoms with Gasteiger partial charge in [-0.25, -0.2) is 4.98 Å². The van der Waals surface area contributed by atoms with E-state index >= 15 is 0 Å². The molecule has 1 aliphatic rings. The lowest BCUT2D eigenvalue weighted by Gasteiger charge is -2.21. The van der Waals surface area contributed by atoms with Crippen LogP contribution in [0.15, 0.2) is 42.6 Å². The molecule has 0 spiro atoms. The number of nitrogens with two attached hydrogens (primary N) is 1. The largest absolute Gasteiger partial charge is 0.366 e. The molecular formula is C20H26N4O. The van der Waals surface area contributed by atoms with Crippen molar-refractivity contribution in [1.29, 1.82) is 0 Å². The molecule has 4 N–H and O–H groups in total. The summed E-state index contributed by atoms with van der Waals surface area (Å²) in [5.41, 5.74) is 7.87. The highest BCUT2D eigenvalue weighted by Gasteiger charge is 2.12.